The highest BCUT2D eigenvalue weighted by atomic mass is 32.1. The zero-order valence-electron chi connectivity index (χ0n) is 11.8. The maximum atomic E-state index is 13.2. The molecule has 108 valence electrons. The molecule has 2 nitrogen and oxygen atoms in total. The fourth-order valence-corrected chi connectivity index (χ4v) is 2.93. The third-order valence-corrected chi connectivity index (χ3v) is 3.90. The first-order valence-electron chi connectivity index (χ1n) is 6.42. The van der Waals surface area contributed by atoms with Gasteiger partial charge in [-0.2, -0.15) is 0 Å². The van der Waals surface area contributed by atoms with Gasteiger partial charge in [0.1, 0.15) is 11.6 Å². The van der Waals surface area contributed by atoms with Crippen molar-refractivity contribution in [2.24, 2.45) is 5.73 Å². The van der Waals surface area contributed by atoms with Gasteiger partial charge in [-0.15, -0.1) is 11.3 Å². The number of hydrogen-bond donors (Lipinski definition) is 1. The number of halogens is 2. The molecule has 20 heavy (non-hydrogen) atoms. The van der Waals surface area contributed by atoms with Crippen LogP contribution in [0, 0.1) is 11.6 Å². The average Bonchev–Trinajstić information content (AvgIpc) is 2.75. The van der Waals surface area contributed by atoms with Gasteiger partial charge in [0.15, 0.2) is 0 Å². The van der Waals surface area contributed by atoms with Crippen LogP contribution in [0.1, 0.15) is 43.1 Å². The van der Waals surface area contributed by atoms with Gasteiger partial charge >= 0.3 is 0 Å². The zero-order chi connectivity index (χ0) is 14.9. The Morgan fingerprint density at radius 1 is 1.20 bits per heavy atom. The molecule has 0 aliphatic heterocycles. The van der Waals surface area contributed by atoms with E-state index in [9.17, 15) is 8.78 Å². The molecule has 1 aromatic carbocycles. The molecule has 1 aromatic heterocycles. The Morgan fingerprint density at radius 3 is 2.30 bits per heavy atom. The van der Waals surface area contributed by atoms with Crippen LogP contribution in [0.5, 0.6) is 0 Å². The molecule has 1 heterocycles. The van der Waals surface area contributed by atoms with Crippen molar-refractivity contribution in [2.75, 3.05) is 0 Å². The van der Waals surface area contributed by atoms with Gasteiger partial charge in [-0.1, -0.05) is 20.8 Å². The molecule has 0 aliphatic carbocycles. The average molecular weight is 296 g/mol. The van der Waals surface area contributed by atoms with Crippen molar-refractivity contribution in [3.8, 4) is 0 Å². The Labute approximate surface area is 121 Å². The molecule has 0 saturated carbocycles. The molecule has 0 amide bonds. The smallest absolute Gasteiger partial charge is 0.126 e. The van der Waals surface area contributed by atoms with Crippen LogP contribution in [-0.2, 0) is 11.8 Å². The molecule has 5 heteroatoms. The molecule has 0 spiro atoms. The van der Waals surface area contributed by atoms with Crippen molar-refractivity contribution in [1.29, 1.82) is 0 Å². The molecule has 0 bridgehead atoms. The van der Waals surface area contributed by atoms with Crippen molar-refractivity contribution in [3.05, 3.63) is 51.5 Å². The Bertz CT molecular complexity index is 582. The summed E-state index contributed by atoms with van der Waals surface area (Å²) in [7, 11) is 0. The lowest BCUT2D eigenvalue weighted by molar-refractivity contribution is 0.565. The van der Waals surface area contributed by atoms with Gasteiger partial charge in [-0.25, -0.2) is 13.8 Å². The molecule has 0 aliphatic rings. The minimum atomic E-state index is -0.607. The molecule has 0 radical (unpaired) electrons. The molecule has 0 saturated heterocycles. The van der Waals surface area contributed by atoms with E-state index < -0.39 is 17.7 Å². The fourth-order valence-electron chi connectivity index (χ4n) is 1.84. The van der Waals surface area contributed by atoms with Crippen molar-refractivity contribution in [2.45, 2.75) is 38.6 Å². The van der Waals surface area contributed by atoms with Crippen molar-refractivity contribution < 1.29 is 8.78 Å². The van der Waals surface area contributed by atoms with E-state index in [4.69, 9.17) is 5.73 Å². The third kappa shape index (κ3) is 3.61. The lowest BCUT2D eigenvalue weighted by Crippen LogP contribution is -2.15. The highest BCUT2D eigenvalue weighted by Crippen LogP contribution is 2.26. The van der Waals surface area contributed by atoms with E-state index in [1.165, 1.54) is 23.5 Å². The molecular weight excluding hydrogens is 278 g/mol. The van der Waals surface area contributed by atoms with Crippen molar-refractivity contribution in [1.82, 2.24) is 4.98 Å². The fraction of sp³-hybridized carbons (Fsp3) is 0.400. The zero-order valence-corrected chi connectivity index (χ0v) is 12.6. The van der Waals surface area contributed by atoms with Crippen LogP contribution < -0.4 is 5.73 Å². The van der Waals surface area contributed by atoms with Crippen LogP contribution in [0.25, 0.3) is 0 Å². The van der Waals surface area contributed by atoms with E-state index >= 15 is 0 Å². The number of thiazole rings is 1. The number of rotatable bonds is 3. The normalized spacial score (nSPS) is 13.5. The quantitative estimate of drug-likeness (QED) is 0.931. The van der Waals surface area contributed by atoms with Crippen LogP contribution in [0.4, 0.5) is 8.78 Å². The lowest BCUT2D eigenvalue weighted by atomic mass is 9.93. The first-order valence-corrected chi connectivity index (χ1v) is 7.30. The van der Waals surface area contributed by atoms with E-state index in [2.05, 4.69) is 25.8 Å². The Kier molecular flexibility index (Phi) is 4.20. The maximum absolute atomic E-state index is 13.2. The molecule has 2 N–H and O–H groups in total. The second kappa shape index (κ2) is 5.58. The molecule has 2 aromatic rings. The summed E-state index contributed by atoms with van der Waals surface area (Å²) in [5.74, 6) is -1.21. The van der Waals surface area contributed by atoms with Gasteiger partial charge in [0.25, 0.3) is 0 Å². The van der Waals surface area contributed by atoms with Gasteiger partial charge in [0.2, 0.25) is 0 Å². The molecule has 2 rings (SSSR count). The molecule has 1 unspecified atom stereocenters. The summed E-state index contributed by atoms with van der Waals surface area (Å²) >= 11 is 1.53. The highest BCUT2D eigenvalue weighted by molar-refractivity contribution is 7.09. The van der Waals surface area contributed by atoms with Crippen LogP contribution >= 0.6 is 11.3 Å². The largest absolute Gasteiger partial charge is 0.324 e. The molecular formula is C15H18F2N2S. The summed E-state index contributed by atoms with van der Waals surface area (Å²) in [5.41, 5.74) is 7.47. The van der Waals surface area contributed by atoms with Gasteiger partial charge < -0.3 is 5.73 Å². The van der Waals surface area contributed by atoms with Crippen molar-refractivity contribution in [3.63, 3.8) is 0 Å². The first-order chi connectivity index (χ1) is 9.25. The van der Waals surface area contributed by atoms with Crippen LogP contribution in [0.3, 0.4) is 0 Å². The number of nitrogens with zero attached hydrogens (tertiary/aromatic N) is 1. The van der Waals surface area contributed by atoms with Crippen LogP contribution in [0.2, 0.25) is 0 Å². The Morgan fingerprint density at radius 2 is 1.80 bits per heavy atom. The summed E-state index contributed by atoms with van der Waals surface area (Å²) in [6.07, 6.45) is 0.476. The third-order valence-electron chi connectivity index (χ3n) is 3.03. The summed E-state index contributed by atoms with van der Waals surface area (Å²) < 4.78 is 26.4. The summed E-state index contributed by atoms with van der Waals surface area (Å²) in [6, 6.07) is 2.93. The highest BCUT2D eigenvalue weighted by Gasteiger charge is 2.19. The predicted molar refractivity (Wildman–Crippen MR) is 77.8 cm³/mol. The Balaban J connectivity index is 2.15. The topological polar surface area (TPSA) is 38.9 Å². The lowest BCUT2D eigenvalue weighted by Gasteiger charge is -2.14. The summed E-state index contributed by atoms with van der Waals surface area (Å²) in [5, 5.41) is 2.89. The second-order valence-electron chi connectivity index (χ2n) is 5.89. The predicted octanol–water partition coefficient (Wildman–Crippen LogP) is 3.96. The minimum Gasteiger partial charge on any atom is -0.324 e. The summed E-state index contributed by atoms with van der Waals surface area (Å²) in [6.45, 7) is 6.27. The molecule has 1 atom stereocenters. The van der Waals surface area contributed by atoms with Crippen LogP contribution in [0.15, 0.2) is 23.6 Å². The van der Waals surface area contributed by atoms with Gasteiger partial charge in [0.05, 0.1) is 10.7 Å². The number of hydrogen-bond acceptors (Lipinski definition) is 3. The SMILES string of the molecule is CC(C)(C)c1csc(CC(N)c2cc(F)cc(F)c2)n1. The second-order valence-corrected chi connectivity index (χ2v) is 6.83. The van der Waals surface area contributed by atoms with E-state index in [1.807, 2.05) is 5.38 Å². The molecule has 0 fully saturated rings. The number of benzene rings is 1. The maximum Gasteiger partial charge on any atom is 0.126 e. The van der Waals surface area contributed by atoms with Crippen LogP contribution in [-0.4, -0.2) is 4.98 Å². The van der Waals surface area contributed by atoms with Gasteiger partial charge in [-0.05, 0) is 17.7 Å². The van der Waals surface area contributed by atoms with E-state index in [1.54, 1.807) is 0 Å². The standard InChI is InChI=1S/C15H18F2N2S/c1-15(2,3)13-8-20-14(19-13)7-12(18)9-4-10(16)6-11(17)5-9/h4-6,8,12H,7,18H2,1-3H3. The summed E-state index contributed by atoms with van der Waals surface area (Å²) in [4.78, 5) is 4.54. The Hall–Kier alpha value is -1.33. The first kappa shape index (κ1) is 15.1. The monoisotopic (exact) mass is 296 g/mol. The van der Waals surface area contributed by atoms with Gasteiger partial charge in [0, 0.05) is 29.3 Å². The minimum absolute atomic E-state index is 0.0101. The van der Waals surface area contributed by atoms with E-state index in [-0.39, 0.29) is 5.41 Å². The number of nitrogens with two attached hydrogens (primary N) is 1. The van der Waals surface area contributed by atoms with Crippen molar-refractivity contribution >= 4 is 11.3 Å². The van der Waals surface area contributed by atoms with Gasteiger partial charge in [-0.3, -0.25) is 0 Å². The number of aromatic nitrogens is 1. The van der Waals surface area contributed by atoms with E-state index in [0.29, 0.717) is 12.0 Å². The van der Waals surface area contributed by atoms with E-state index in [0.717, 1.165) is 16.8 Å².